The first-order valence-corrected chi connectivity index (χ1v) is 7.80. The first kappa shape index (κ1) is 15.4. The van der Waals surface area contributed by atoms with E-state index in [2.05, 4.69) is 10.4 Å². The highest BCUT2D eigenvalue weighted by atomic mass is 16.5. The third kappa shape index (κ3) is 3.02. The number of hydrogen-bond donors (Lipinski definition) is 1. The highest BCUT2D eigenvalue weighted by Crippen LogP contribution is 2.27. The van der Waals surface area contributed by atoms with Crippen molar-refractivity contribution < 1.29 is 9.53 Å². The maximum absolute atomic E-state index is 12.6. The zero-order valence-electron chi connectivity index (χ0n) is 13.8. The number of carbonyl (C=O) groups is 1. The minimum Gasteiger partial charge on any atom is -0.480 e. The number of rotatable bonds is 2. The number of amides is 2. The van der Waals surface area contributed by atoms with Crippen LogP contribution in [0.4, 0.5) is 10.5 Å². The summed E-state index contributed by atoms with van der Waals surface area (Å²) in [7, 11) is 3.53. The standard InChI is InChI=1S/C17H22N4O2/c1-12-7-4-5-9-14(12)18-17(22)21-10-6-8-13-15(11-21)20(2)19-16(13)23-3/h4-5,7,9H,6,8,10-11H2,1-3H3,(H,18,22). The summed E-state index contributed by atoms with van der Waals surface area (Å²) in [4.78, 5) is 14.5. The minimum atomic E-state index is -0.0766. The largest absolute Gasteiger partial charge is 0.480 e. The van der Waals surface area contributed by atoms with Crippen LogP contribution in [-0.2, 0) is 20.0 Å². The van der Waals surface area contributed by atoms with Gasteiger partial charge in [0.05, 0.1) is 19.3 Å². The number of urea groups is 1. The number of nitrogens with zero attached hydrogens (tertiary/aromatic N) is 3. The first-order valence-electron chi connectivity index (χ1n) is 7.80. The lowest BCUT2D eigenvalue weighted by molar-refractivity contribution is 0.208. The topological polar surface area (TPSA) is 59.4 Å². The van der Waals surface area contributed by atoms with Crippen LogP contribution >= 0.6 is 0 Å². The number of anilines is 1. The second-order valence-corrected chi connectivity index (χ2v) is 5.83. The van der Waals surface area contributed by atoms with Gasteiger partial charge in [-0.15, -0.1) is 5.10 Å². The molecule has 3 rings (SSSR count). The lowest BCUT2D eigenvalue weighted by atomic mass is 10.1. The van der Waals surface area contributed by atoms with Crippen molar-refractivity contribution in [2.24, 2.45) is 7.05 Å². The van der Waals surface area contributed by atoms with Crippen molar-refractivity contribution in [1.82, 2.24) is 14.7 Å². The summed E-state index contributed by atoms with van der Waals surface area (Å²) in [6, 6.07) is 7.72. The Labute approximate surface area is 136 Å². The van der Waals surface area contributed by atoms with E-state index < -0.39 is 0 Å². The molecule has 23 heavy (non-hydrogen) atoms. The third-order valence-corrected chi connectivity index (χ3v) is 4.30. The van der Waals surface area contributed by atoms with E-state index in [0.717, 1.165) is 41.9 Å². The van der Waals surface area contributed by atoms with Crippen LogP contribution in [0.15, 0.2) is 24.3 Å². The number of fused-ring (bicyclic) bond motifs is 1. The minimum absolute atomic E-state index is 0.0766. The summed E-state index contributed by atoms with van der Waals surface area (Å²) in [6.45, 7) is 3.25. The second kappa shape index (κ2) is 6.32. The Morgan fingerprint density at radius 2 is 2.13 bits per heavy atom. The van der Waals surface area contributed by atoms with Gasteiger partial charge in [-0.05, 0) is 31.4 Å². The third-order valence-electron chi connectivity index (χ3n) is 4.30. The molecule has 1 N–H and O–H groups in total. The molecular weight excluding hydrogens is 292 g/mol. The highest BCUT2D eigenvalue weighted by molar-refractivity contribution is 5.90. The fourth-order valence-corrected chi connectivity index (χ4v) is 2.98. The van der Waals surface area contributed by atoms with Gasteiger partial charge in [-0.2, -0.15) is 0 Å². The molecule has 0 spiro atoms. The van der Waals surface area contributed by atoms with E-state index in [1.165, 1.54) is 0 Å². The van der Waals surface area contributed by atoms with Gasteiger partial charge in [0.2, 0.25) is 5.88 Å². The van der Waals surface area contributed by atoms with Gasteiger partial charge < -0.3 is 15.0 Å². The van der Waals surface area contributed by atoms with Crippen LogP contribution in [0.2, 0.25) is 0 Å². The van der Waals surface area contributed by atoms with E-state index in [0.29, 0.717) is 12.4 Å². The summed E-state index contributed by atoms with van der Waals surface area (Å²) >= 11 is 0. The van der Waals surface area contributed by atoms with Crippen LogP contribution in [0, 0.1) is 6.92 Å². The Morgan fingerprint density at radius 1 is 1.35 bits per heavy atom. The average molecular weight is 314 g/mol. The van der Waals surface area contributed by atoms with Gasteiger partial charge in [0, 0.05) is 24.8 Å². The van der Waals surface area contributed by atoms with Gasteiger partial charge in [0.15, 0.2) is 0 Å². The molecule has 1 aliphatic rings. The normalized spacial score (nSPS) is 14.1. The molecule has 6 heteroatoms. The van der Waals surface area contributed by atoms with Crippen molar-refractivity contribution in [2.75, 3.05) is 19.0 Å². The van der Waals surface area contributed by atoms with E-state index in [4.69, 9.17) is 4.74 Å². The number of hydrogen-bond acceptors (Lipinski definition) is 3. The molecule has 0 unspecified atom stereocenters. The molecule has 1 aliphatic heterocycles. The summed E-state index contributed by atoms with van der Waals surface area (Å²) in [5, 5.41) is 7.39. The quantitative estimate of drug-likeness (QED) is 0.927. The van der Waals surface area contributed by atoms with Gasteiger partial charge in [0.1, 0.15) is 0 Å². The first-order chi connectivity index (χ1) is 11.1. The van der Waals surface area contributed by atoms with E-state index in [-0.39, 0.29) is 6.03 Å². The summed E-state index contributed by atoms with van der Waals surface area (Å²) in [5.41, 5.74) is 4.06. The molecule has 122 valence electrons. The Bertz CT molecular complexity index is 723. The van der Waals surface area contributed by atoms with Crippen LogP contribution < -0.4 is 10.1 Å². The van der Waals surface area contributed by atoms with Gasteiger partial charge in [-0.3, -0.25) is 4.68 Å². The molecule has 0 aliphatic carbocycles. The molecule has 6 nitrogen and oxygen atoms in total. The lowest BCUT2D eigenvalue weighted by Gasteiger charge is -2.22. The Kier molecular flexibility index (Phi) is 4.23. The number of aromatic nitrogens is 2. The molecule has 0 fully saturated rings. The predicted octanol–water partition coefficient (Wildman–Crippen LogP) is 2.72. The number of methoxy groups -OCH3 is 1. The van der Waals surface area contributed by atoms with Gasteiger partial charge in [0.25, 0.3) is 0 Å². The highest BCUT2D eigenvalue weighted by Gasteiger charge is 2.25. The zero-order valence-corrected chi connectivity index (χ0v) is 13.8. The van der Waals surface area contributed by atoms with Gasteiger partial charge in [-0.1, -0.05) is 18.2 Å². The molecule has 0 atom stereocenters. The number of ether oxygens (including phenoxy) is 1. The van der Waals surface area contributed by atoms with Crippen molar-refractivity contribution in [3.05, 3.63) is 41.1 Å². The van der Waals surface area contributed by atoms with E-state index in [1.54, 1.807) is 7.11 Å². The van der Waals surface area contributed by atoms with Crippen LogP contribution in [0.3, 0.4) is 0 Å². The smallest absolute Gasteiger partial charge is 0.322 e. The summed E-state index contributed by atoms with van der Waals surface area (Å²) in [5.74, 6) is 0.670. The zero-order chi connectivity index (χ0) is 16.4. The van der Waals surface area contributed by atoms with Crippen molar-refractivity contribution in [3.63, 3.8) is 0 Å². The molecule has 2 heterocycles. The molecular formula is C17H22N4O2. The fraction of sp³-hybridized carbons (Fsp3) is 0.412. The maximum atomic E-state index is 12.6. The summed E-state index contributed by atoms with van der Waals surface area (Å²) in [6.07, 6.45) is 1.77. The molecule has 1 aromatic heterocycles. The van der Waals surface area contributed by atoms with Gasteiger partial charge in [-0.25, -0.2) is 4.79 Å². The molecule has 0 bridgehead atoms. The maximum Gasteiger partial charge on any atom is 0.322 e. The summed E-state index contributed by atoms with van der Waals surface area (Å²) < 4.78 is 7.16. The van der Waals surface area contributed by atoms with Crippen molar-refractivity contribution in [1.29, 1.82) is 0 Å². The van der Waals surface area contributed by atoms with Crippen LogP contribution in [0.5, 0.6) is 5.88 Å². The number of benzene rings is 1. The van der Waals surface area contributed by atoms with Crippen molar-refractivity contribution >= 4 is 11.7 Å². The molecule has 2 aromatic rings. The number of para-hydroxylation sites is 1. The molecule has 0 radical (unpaired) electrons. The number of nitrogens with one attached hydrogen (secondary N) is 1. The number of carbonyl (C=O) groups excluding carboxylic acids is 1. The van der Waals surface area contributed by atoms with Crippen molar-refractivity contribution in [3.8, 4) is 5.88 Å². The lowest BCUT2D eigenvalue weighted by Crippen LogP contribution is -2.35. The predicted molar refractivity (Wildman–Crippen MR) is 88.7 cm³/mol. The SMILES string of the molecule is COc1nn(C)c2c1CCCN(C(=O)Nc1ccccc1C)C2. The molecule has 1 aromatic carbocycles. The number of aryl methyl sites for hydroxylation is 2. The van der Waals surface area contributed by atoms with Crippen LogP contribution in [0.25, 0.3) is 0 Å². The second-order valence-electron chi connectivity index (χ2n) is 5.83. The van der Waals surface area contributed by atoms with E-state index in [9.17, 15) is 4.79 Å². The van der Waals surface area contributed by atoms with Gasteiger partial charge >= 0.3 is 6.03 Å². The monoisotopic (exact) mass is 314 g/mol. The van der Waals surface area contributed by atoms with Crippen molar-refractivity contribution in [2.45, 2.75) is 26.3 Å². The van der Waals surface area contributed by atoms with Crippen LogP contribution in [0.1, 0.15) is 23.2 Å². The Balaban J connectivity index is 1.79. The fourth-order valence-electron chi connectivity index (χ4n) is 2.98. The Hall–Kier alpha value is -2.50. The van der Waals surface area contributed by atoms with Crippen LogP contribution in [-0.4, -0.2) is 34.4 Å². The molecule has 0 saturated carbocycles. The average Bonchev–Trinajstić information content (AvgIpc) is 2.73. The molecule has 0 saturated heterocycles. The molecule has 2 amide bonds. The Morgan fingerprint density at radius 3 is 2.87 bits per heavy atom. The van der Waals surface area contributed by atoms with E-state index >= 15 is 0 Å². The van der Waals surface area contributed by atoms with E-state index in [1.807, 2.05) is 47.8 Å².